The van der Waals surface area contributed by atoms with Crippen LogP contribution in [0, 0.1) is 19.8 Å². The maximum atomic E-state index is 13.0. The Kier molecular flexibility index (Phi) is 4.22. The van der Waals surface area contributed by atoms with Crippen molar-refractivity contribution in [2.45, 2.75) is 20.0 Å². The van der Waals surface area contributed by atoms with Crippen molar-refractivity contribution in [2.75, 3.05) is 0 Å². The average Bonchev–Trinajstić information content (AvgIpc) is 2.40. The fourth-order valence-corrected chi connectivity index (χ4v) is 1.96. The summed E-state index contributed by atoms with van der Waals surface area (Å²) in [5, 5.41) is 0. The lowest BCUT2D eigenvalue weighted by atomic mass is 10.0. The topological polar surface area (TPSA) is 78.1 Å². The minimum absolute atomic E-state index is 0.0422. The highest BCUT2D eigenvalue weighted by atomic mass is 19.4. The van der Waals surface area contributed by atoms with Gasteiger partial charge >= 0.3 is 6.18 Å². The van der Waals surface area contributed by atoms with E-state index in [4.69, 9.17) is 10.5 Å². The molecule has 0 radical (unpaired) electrons. The molecule has 0 atom stereocenters. The smallest absolute Gasteiger partial charge is 0.418 e. The number of aromatic nitrogens is 2. The molecular weight excluding hydrogens is 318 g/mol. The molecule has 0 unspecified atom stereocenters. The summed E-state index contributed by atoms with van der Waals surface area (Å²) in [6.45, 7) is 2.52. The van der Waals surface area contributed by atoms with Gasteiger partial charge in [0.15, 0.2) is 5.75 Å². The number of amides is 1. The first-order chi connectivity index (χ1) is 10.6. The molecule has 0 saturated carbocycles. The zero-order valence-electron chi connectivity index (χ0n) is 12.0. The first kappa shape index (κ1) is 16.7. The molecule has 2 aromatic rings. The first-order valence-corrected chi connectivity index (χ1v) is 6.29. The molecule has 0 aromatic carbocycles. The standard InChI is InChI=1S/C14H11F4N3O2/c1-6-8(14(16,17)18)5-20-13(11(6)12(19)22)23-9-3-4-10(15)21-7(9)2/h3-5H,1-2H3,(H2,19,22). The number of pyridine rings is 2. The van der Waals surface area contributed by atoms with E-state index in [1.54, 1.807) is 0 Å². The van der Waals surface area contributed by atoms with Gasteiger partial charge in [0.25, 0.3) is 5.91 Å². The normalized spacial score (nSPS) is 11.4. The summed E-state index contributed by atoms with van der Waals surface area (Å²) in [7, 11) is 0. The van der Waals surface area contributed by atoms with Gasteiger partial charge in [-0.2, -0.15) is 17.6 Å². The third kappa shape index (κ3) is 3.38. The van der Waals surface area contributed by atoms with Gasteiger partial charge in [-0.3, -0.25) is 4.79 Å². The lowest BCUT2D eigenvalue weighted by Crippen LogP contribution is -2.19. The van der Waals surface area contributed by atoms with Crippen molar-refractivity contribution in [3.63, 3.8) is 0 Å². The molecule has 1 amide bonds. The number of carbonyl (C=O) groups excluding carboxylic acids is 1. The summed E-state index contributed by atoms with van der Waals surface area (Å²) < 4.78 is 56.9. The molecule has 0 spiro atoms. The van der Waals surface area contributed by atoms with Crippen molar-refractivity contribution >= 4 is 5.91 Å². The second-order valence-corrected chi connectivity index (χ2v) is 4.66. The van der Waals surface area contributed by atoms with E-state index in [1.807, 2.05) is 0 Å². The van der Waals surface area contributed by atoms with Crippen LogP contribution in [-0.4, -0.2) is 15.9 Å². The molecule has 2 aromatic heterocycles. The van der Waals surface area contributed by atoms with Crippen LogP contribution in [0.5, 0.6) is 11.6 Å². The van der Waals surface area contributed by atoms with Crippen LogP contribution in [0.25, 0.3) is 0 Å². The summed E-state index contributed by atoms with van der Waals surface area (Å²) in [6, 6.07) is 2.22. The number of hydrogen-bond acceptors (Lipinski definition) is 4. The molecule has 0 aliphatic rings. The fraction of sp³-hybridized carbons (Fsp3) is 0.214. The van der Waals surface area contributed by atoms with Crippen LogP contribution in [0.15, 0.2) is 18.3 Å². The van der Waals surface area contributed by atoms with Gasteiger partial charge in [-0.25, -0.2) is 9.97 Å². The fourth-order valence-electron chi connectivity index (χ4n) is 1.96. The van der Waals surface area contributed by atoms with Gasteiger partial charge in [-0.1, -0.05) is 0 Å². The van der Waals surface area contributed by atoms with E-state index < -0.39 is 40.6 Å². The highest BCUT2D eigenvalue weighted by Gasteiger charge is 2.35. The molecular formula is C14H11F4N3O2. The van der Waals surface area contributed by atoms with Crippen molar-refractivity contribution in [1.82, 2.24) is 9.97 Å². The maximum absolute atomic E-state index is 13.0. The summed E-state index contributed by atoms with van der Waals surface area (Å²) >= 11 is 0. The molecule has 0 fully saturated rings. The Morgan fingerprint density at radius 1 is 1.26 bits per heavy atom. The minimum atomic E-state index is -4.69. The van der Waals surface area contributed by atoms with E-state index in [0.717, 1.165) is 13.0 Å². The van der Waals surface area contributed by atoms with Crippen LogP contribution in [-0.2, 0) is 6.18 Å². The number of nitrogens with two attached hydrogens (primary N) is 1. The van der Waals surface area contributed by atoms with E-state index in [1.165, 1.54) is 13.0 Å². The lowest BCUT2D eigenvalue weighted by Gasteiger charge is -2.15. The van der Waals surface area contributed by atoms with Crippen LogP contribution >= 0.6 is 0 Å². The maximum Gasteiger partial charge on any atom is 0.418 e. The number of alkyl halides is 3. The predicted molar refractivity (Wildman–Crippen MR) is 71.5 cm³/mol. The molecule has 0 saturated heterocycles. The molecule has 23 heavy (non-hydrogen) atoms. The molecule has 5 nitrogen and oxygen atoms in total. The largest absolute Gasteiger partial charge is 0.436 e. The monoisotopic (exact) mass is 329 g/mol. The van der Waals surface area contributed by atoms with Gasteiger partial charge in [0.2, 0.25) is 11.8 Å². The Morgan fingerprint density at radius 3 is 2.43 bits per heavy atom. The summed E-state index contributed by atoms with van der Waals surface area (Å²) in [4.78, 5) is 18.5. The number of rotatable bonds is 3. The van der Waals surface area contributed by atoms with Gasteiger partial charge in [0, 0.05) is 6.20 Å². The molecule has 2 heterocycles. The highest BCUT2D eigenvalue weighted by Crippen LogP contribution is 2.36. The van der Waals surface area contributed by atoms with E-state index in [2.05, 4.69) is 9.97 Å². The number of halogens is 4. The third-order valence-electron chi connectivity index (χ3n) is 3.07. The van der Waals surface area contributed by atoms with E-state index in [0.29, 0.717) is 6.20 Å². The number of primary amides is 1. The van der Waals surface area contributed by atoms with Crippen molar-refractivity contribution in [2.24, 2.45) is 5.73 Å². The Balaban J connectivity index is 2.55. The number of aryl methyl sites for hydroxylation is 1. The Bertz CT molecular complexity index is 775. The minimum Gasteiger partial charge on any atom is -0.436 e. The van der Waals surface area contributed by atoms with Gasteiger partial charge in [0.05, 0.1) is 11.3 Å². The van der Waals surface area contributed by atoms with Crippen LogP contribution in [0.2, 0.25) is 0 Å². The Hall–Kier alpha value is -2.71. The number of ether oxygens (including phenoxy) is 1. The highest BCUT2D eigenvalue weighted by molar-refractivity contribution is 5.97. The first-order valence-electron chi connectivity index (χ1n) is 6.29. The van der Waals surface area contributed by atoms with Crippen LogP contribution in [0.4, 0.5) is 17.6 Å². The number of hydrogen-bond donors (Lipinski definition) is 1. The van der Waals surface area contributed by atoms with E-state index in [9.17, 15) is 22.4 Å². The van der Waals surface area contributed by atoms with Crippen molar-refractivity contribution in [3.05, 3.63) is 46.7 Å². The van der Waals surface area contributed by atoms with Crippen LogP contribution < -0.4 is 10.5 Å². The third-order valence-corrected chi connectivity index (χ3v) is 3.07. The molecule has 2 rings (SSSR count). The van der Waals surface area contributed by atoms with Gasteiger partial charge in [0.1, 0.15) is 5.56 Å². The van der Waals surface area contributed by atoms with Crippen LogP contribution in [0.1, 0.15) is 27.2 Å². The molecule has 9 heteroatoms. The second-order valence-electron chi connectivity index (χ2n) is 4.66. The lowest BCUT2D eigenvalue weighted by molar-refractivity contribution is -0.138. The Labute approximate surface area is 128 Å². The molecule has 2 N–H and O–H groups in total. The van der Waals surface area contributed by atoms with E-state index in [-0.39, 0.29) is 11.4 Å². The van der Waals surface area contributed by atoms with Crippen LogP contribution in [0.3, 0.4) is 0 Å². The van der Waals surface area contributed by atoms with Gasteiger partial charge in [-0.05, 0) is 31.5 Å². The summed E-state index contributed by atoms with van der Waals surface area (Å²) in [6.07, 6.45) is -4.14. The SMILES string of the molecule is Cc1nc(F)ccc1Oc1ncc(C(F)(F)F)c(C)c1C(N)=O. The number of nitrogens with zero attached hydrogens (tertiary/aromatic N) is 2. The summed E-state index contributed by atoms with van der Waals surface area (Å²) in [5.74, 6) is -2.23. The van der Waals surface area contributed by atoms with Crippen molar-refractivity contribution in [3.8, 4) is 11.6 Å². The summed E-state index contributed by atoms with van der Waals surface area (Å²) in [5.41, 5.74) is 3.29. The van der Waals surface area contributed by atoms with Crippen molar-refractivity contribution in [1.29, 1.82) is 0 Å². The van der Waals surface area contributed by atoms with Gasteiger partial charge in [-0.15, -0.1) is 0 Å². The zero-order chi connectivity index (χ0) is 17.4. The Morgan fingerprint density at radius 2 is 1.91 bits per heavy atom. The number of carbonyl (C=O) groups is 1. The molecule has 0 bridgehead atoms. The van der Waals surface area contributed by atoms with Gasteiger partial charge < -0.3 is 10.5 Å². The average molecular weight is 329 g/mol. The van der Waals surface area contributed by atoms with E-state index >= 15 is 0 Å². The molecule has 122 valence electrons. The molecule has 0 aliphatic carbocycles. The van der Waals surface area contributed by atoms with Crippen molar-refractivity contribution < 1.29 is 27.1 Å². The zero-order valence-corrected chi connectivity index (χ0v) is 12.0. The molecule has 0 aliphatic heterocycles. The predicted octanol–water partition coefficient (Wildman–Crippen LogP) is 3.14. The quantitative estimate of drug-likeness (QED) is 0.693. The second kappa shape index (κ2) is 5.82.